The molecule has 2 aliphatic rings. The highest BCUT2D eigenvalue weighted by molar-refractivity contribution is 7.90. The highest BCUT2D eigenvalue weighted by Gasteiger charge is 2.26. The highest BCUT2D eigenvalue weighted by atomic mass is 35.5. The lowest BCUT2D eigenvalue weighted by atomic mass is 9.97. The molecule has 0 radical (unpaired) electrons. The second-order valence-corrected chi connectivity index (χ2v) is 18.6. The monoisotopic (exact) mass is 884 g/mol. The molecule has 0 unspecified atom stereocenters. The van der Waals surface area contributed by atoms with Gasteiger partial charge in [-0.1, -0.05) is 47.7 Å². The highest BCUT2D eigenvalue weighted by Crippen LogP contribution is 2.35. The Kier molecular flexibility index (Phi) is 13.7. The van der Waals surface area contributed by atoms with Crippen LogP contribution in [0.5, 0.6) is 11.5 Å². The van der Waals surface area contributed by atoms with Gasteiger partial charge in [0.25, 0.3) is 15.9 Å². The van der Waals surface area contributed by atoms with Crippen LogP contribution in [0.3, 0.4) is 0 Å². The van der Waals surface area contributed by atoms with Crippen molar-refractivity contribution in [1.29, 1.82) is 0 Å². The summed E-state index contributed by atoms with van der Waals surface area (Å²) in [6.07, 6.45) is 3.81. The van der Waals surface area contributed by atoms with E-state index in [1.807, 2.05) is 75.7 Å². The third kappa shape index (κ3) is 10.9. The molecular weight excluding hydrogens is 832 g/mol. The maximum atomic E-state index is 14.0. The van der Waals surface area contributed by atoms with Crippen LogP contribution in [-0.2, 0) is 21.3 Å². The number of amides is 1. The van der Waals surface area contributed by atoms with Gasteiger partial charge in [-0.3, -0.25) is 14.6 Å². The Bertz CT molecular complexity index is 2750. The van der Waals surface area contributed by atoms with E-state index in [4.69, 9.17) is 21.1 Å². The lowest BCUT2D eigenvalue weighted by molar-refractivity contribution is 0.0699. The zero-order valence-corrected chi connectivity index (χ0v) is 37.5. The van der Waals surface area contributed by atoms with Crippen LogP contribution in [0.25, 0.3) is 22.0 Å². The van der Waals surface area contributed by atoms with Crippen LogP contribution in [0.4, 0.5) is 11.4 Å². The van der Waals surface area contributed by atoms with E-state index in [0.29, 0.717) is 23.2 Å². The number of benzene rings is 5. The molecule has 6 aromatic rings. The largest absolute Gasteiger partial charge is 0.456 e. The summed E-state index contributed by atoms with van der Waals surface area (Å²) in [6.45, 7) is 8.62. The summed E-state index contributed by atoms with van der Waals surface area (Å²) in [5.41, 5.74) is 7.88. The zero-order chi connectivity index (χ0) is 43.9. The topological polar surface area (TPSA) is 119 Å². The molecule has 0 bridgehead atoms. The lowest BCUT2D eigenvalue weighted by Crippen LogP contribution is -2.46. The first-order valence-electron chi connectivity index (χ1n) is 21.4. The number of aromatic nitrogens is 1. The second-order valence-electron chi connectivity index (χ2n) is 16.5. The number of hydrogen-bond acceptors (Lipinski definition) is 9. The van der Waals surface area contributed by atoms with Crippen LogP contribution < -0.4 is 19.7 Å². The van der Waals surface area contributed by atoms with E-state index < -0.39 is 15.9 Å². The number of rotatable bonds is 13. The van der Waals surface area contributed by atoms with Gasteiger partial charge in [-0.2, -0.15) is 0 Å². The van der Waals surface area contributed by atoms with Gasteiger partial charge in [0, 0.05) is 97.6 Å². The molecule has 1 aromatic heterocycles. The van der Waals surface area contributed by atoms with E-state index in [2.05, 4.69) is 71.9 Å². The van der Waals surface area contributed by atoms with Gasteiger partial charge in [-0.05, 0) is 135 Å². The van der Waals surface area contributed by atoms with E-state index in [1.54, 1.807) is 18.2 Å². The van der Waals surface area contributed by atoms with Gasteiger partial charge in [0.15, 0.2) is 0 Å². The van der Waals surface area contributed by atoms with Crippen molar-refractivity contribution < 1.29 is 22.7 Å². The summed E-state index contributed by atoms with van der Waals surface area (Å²) < 4.78 is 41.8. The van der Waals surface area contributed by atoms with Crippen molar-refractivity contribution in [1.82, 2.24) is 19.5 Å². The van der Waals surface area contributed by atoms with Crippen LogP contribution in [-0.4, -0.2) is 95.7 Å². The molecule has 0 aliphatic carbocycles. The quantitative estimate of drug-likeness (QED) is 0.0979. The number of anilines is 2. The number of nitrogens with zero attached hydrogens (tertiary/aromatic N) is 3. The minimum absolute atomic E-state index is 0.00304. The van der Waals surface area contributed by atoms with Crippen molar-refractivity contribution in [2.45, 2.75) is 31.2 Å². The summed E-state index contributed by atoms with van der Waals surface area (Å²) in [4.78, 5) is 24.0. The number of ether oxygens (including phenoxy) is 2. The molecule has 0 saturated carbocycles. The number of aryl methyl sites for hydroxylation is 1. The van der Waals surface area contributed by atoms with Crippen molar-refractivity contribution in [2.24, 2.45) is 5.92 Å². The summed E-state index contributed by atoms with van der Waals surface area (Å²) in [6, 6.07) is 32.1. The van der Waals surface area contributed by atoms with E-state index in [-0.39, 0.29) is 16.2 Å². The Morgan fingerprint density at radius 2 is 1.71 bits per heavy atom. The van der Waals surface area contributed by atoms with E-state index in [1.165, 1.54) is 11.6 Å². The molecule has 0 atom stereocenters. The molecule has 63 heavy (non-hydrogen) atoms. The molecule has 3 N–H and O–H groups in total. The number of aromatic amines is 1. The summed E-state index contributed by atoms with van der Waals surface area (Å²) in [5, 5.41) is 4.99. The molecule has 5 aromatic carbocycles. The Morgan fingerprint density at radius 1 is 0.921 bits per heavy atom. The van der Waals surface area contributed by atoms with Gasteiger partial charge >= 0.3 is 0 Å². The molecule has 2 saturated heterocycles. The maximum Gasteiger partial charge on any atom is 0.268 e. The predicted molar refractivity (Wildman–Crippen MR) is 252 cm³/mol. The fourth-order valence-electron chi connectivity index (χ4n) is 8.10. The van der Waals surface area contributed by atoms with Crippen molar-refractivity contribution in [3.05, 3.63) is 137 Å². The average molecular weight is 886 g/mol. The van der Waals surface area contributed by atoms with Crippen molar-refractivity contribution in [2.75, 3.05) is 76.8 Å². The SMILES string of the molecule is Cc1cc(S(=O)(=O)NC(=O)c2ccc(N3CCN(Cc4cc(C#CCN(C)C)ccc4-c4ccc(Cl)cc4)CC3)cc2Oc2cccc3[nH]ccc23)ccc1NCC1CCOCC1. The maximum absolute atomic E-state index is 14.0. The van der Waals surface area contributed by atoms with Crippen molar-refractivity contribution in [3.63, 3.8) is 0 Å². The first-order chi connectivity index (χ1) is 30.5. The molecule has 2 aliphatic heterocycles. The molecule has 2 fully saturated rings. The molecule has 0 spiro atoms. The standard InChI is InChI=1S/C50H53ClN6O5S/c1-35-30-42(15-18-46(35)53-33-37-20-28-61-29-21-37)63(59,60)54-50(58)45-17-14-41(32-49(45)62-48-8-4-7-47-44(48)19-22-52-47)57-26-24-56(25-27-57)34-39-31-36(6-5-23-55(2)3)9-16-43(39)38-10-12-40(51)13-11-38/h4,7-19,22,30-32,37,52-53H,20-21,23-29,33-34H2,1-3H3,(H,54,58). The molecule has 326 valence electrons. The minimum atomic E-state index is -4.23. The molecular formula is C50H53ClN6O5S. The zero-order valence-electron chi connectivity index (χ0n) is 35.9. The number of sulfonamides is 1. The van der Waals surface area contributed by atoms with Gasteiger partial charge in [0.1, 0.15) is 11.5 Å². The van der Waals surface area contributed by atoms with E-state index in [0.717, 1.165) is 110 Å². The Balaban J connectivity index is 1.00. The van der Waals surface area contributed by atoms with Gasteiger partial charge in [-0.25, -0.2) is 13.1 Å². The third-order valence-corrected chi connectivity index (χ3v) is 13.2. The Morgan fingerprint density at radius 3 is 2.48 bits per heavy atom. The van der Waals surface area contributed by atoms with Gasteiger partial charge in [-0.15, -0.1) is 0 Å². The number of hydrogen-bond donors (Lipinski definition) is 3. The number of carbonyl (C=O) groups is 1. The fourth-order valence-corrected chi connectivity index (χ4v) is 9.28. The molecule has 1 amide bonds. The van der Waals surface area contributed by atoms with E-state index >= 15 is 0 Å². The molecule has 11 nitrogen and oxygen atoms in total. The van der Waals surface area contributed by atoms with Crippen LogP contribution in [0.15, 0.2) is 114 Å². The minimum Gasteiger partial charge on any atom is -0.456 e. The Hall–Kier alpha value is -5.81. The molecule has 8 rings (SSSR count). The average Bonchev–Trinajstić information content (AvgIpc) is 3.77. The number of H-pyrrole nitrogens is 1. The van der Waals surface area contributed by atoms with E-state index in [9.17, 15) is 13.2 Å². The van der Waals surface area contributed by atoms with Crippen molar-refractivity contribution >= 4 is 49.8 Å². The van der Waals surface area contributed by atoms with Crippen LogP contribution in [0.1, 0.15) is 39.9 Å². The predicted octanol–water partition coefficient (Wildman–Crippen LogP) is 8.78. The third-order valence-electron chi connectivity index (χ3n) is 11.7. The van der Waals surface area contributed by atoms with Gasteiger partial charge in [0.05, 0.1) is 17.0 Å². The van der Waals surface area contributed by atoms with Crippen LogP contribution >= 0.6 is 11.6 Å². The summed E-state index contributed by atoms with van der Waals surface area (Å²) in [5.74, 6) is 7.10. The summed E-state index contributed by atoms with van der Waals surface area (Å²) >= 11 is 6.25. The first kappa shape index (κ1) is 43.8. The fraction of sp³-hybridized carbons (Fsp3) is 0.300. The van der Waals surface area contributed by atoms with Crippen LogP contribution in [0.2, 0.25) is 5.02 Å². The van der Waals surface area contributed by atoms with Crippen LogP contribution in [0, 0.1) is 24.7 Å². The lowest BCUT2D eigenvalue weighted by Gasteiger charge is -2.36. The summed E-state index contributed by atoms with van der Waals surface area (Å²) in [7, 11) is -0.212. The molecule has 3 heterocycles. The normalized spacial score (nSPS) is 15.0. The van der Waals surface area contributed by atoms with Gasteiger partial charge in [0.2, 0.25) is 0 Å². The van der Waals surface area contributed by atoms with Gasteiger partial charge < -0.3 is 24.7 Å². The smallest absolute Gasteiger partial charge is 0.268 e. The van der Waals surface area contributed by atoms with Crippen molar-refractivity contribution in [3.8, 4) is 34.5 Å². The number of piperazine rings is 1. The number of fused-ring (bicyclic) bond motifs is 1. The number of halogens is 1. The number of nitrogens with one attached hydrogen (secondary N) is 3. The molecule has 13 heteroatoms. The first-order valence-corrected chi connectivity index (χ1v) is 23.2. The second kappa shape index (κ2) is 19.7. The Labute approximate surface area is 375 Å². The number of carbonyl (C=O) groups excluding carboxylic acids is 1.